The zero-order valence-corrected chi connectivity index (χ0v) is 9.60. The average molecular weight is 220 g/mol. The highest BCUT2D eigenvalue weighted by Crippen LogP contribution is 2.57. The number of Topliss-reactive ketones (excluding diaryl/α,β-unsaturated/α-hetero) is 1. The van der Waals surface area contributed by atoms with E-state index in [-0.39, 0.29) is 23.5 Å². The van der Waals surface area contributed by atoms with Crippen LogP contribution in [0.25, 0.3) is 0 Å². The van der Waals surface area contributed by atoms with E-state index in [4.69, 9.17) is 9.47 Å². The van der Waals surface area contributed by atoms with E-state index in [1.54, 1.807) is 7.11 Å². The SMILES string of the molecule is C=CC1C2C=C(C)C3C1COC3(OC)C2=O. The van der Waals surface area contributed by atoms with E-state index in [0.717, 1.165) is 0 Å². The largest absolute Gasteiger partial charge is 0.346 e. The van der Waals surface area contributed by atoms with E-state index in [2.05, 4.69) is 19.6 Å². The fourth-order valence-electron chi connectivity index (χ4n) is 3.74. The molecule has 0 radical (unpaired) electrons. The van der Waals surface area contributed by atoms with Gasteiger partial charge in [-0.1, -0.05) is 17.7 Å². The highest BCUT2D eigenvalue weighted by atomic mass is 16.7. The molecular formula is C13H16O3. The molecule has 5 unspecified atom stereocenters. The summed E-state index contributed by atoms with van der Waals surface area (Å²) in [4.78, 5) is 12.4. The smallest absolute Gasteiger partial charge is 0.236 e. The Balaban J connectivity index is 2.17. The minimum absolute atomic E-state index is 0.0734. The van der Waals surface area contributed by atoms with Gasteiger partial charge >= 0.3 is 0 Å². The van der Waals surface area contributed by atoms with E-state index in [9.17, 15) is 4.79 Å². The molecule has 0 spiro atoms. The Hall–Kier alpha value is -0.930. The number of carbonyl (C=O) groups is 1. The average Bonchev–Trinajstić information content (AvgIpc) is 2.65. The number of hydrogen-bond acceptors (Lipinski definition) is 3. The van der Waals surface area contributed by atoms with Crippen LogP contribution in [0.2, 0.25) is 0 Å². The van der Waals surface area contributed by atoms with Gasteiger partial charge in [0.1, 0.15) is 0 Å². The first-order valence-corrected chi connectivity index (χ1v) is 5.70. The number of ketones is 1. The zero-order valence-electron chi connectivity index (χ0n) is 9.60. The van der Waals surface area contributed by atoms with Crippen molar-refractivity contribution in [3.63, 3.8) is 0 Å². The summed E-state index contributed by atoms with van der Waals surface area (Å²) < 4.78 is 11.1. The normalized spacial score (nSPS) is 49.4. The van der Waals surface area contributed by atoms with Crippen molar-refractivity contribution in [2.75, 3.05) is 13.7 Å². The van der Waals surface area contributed by atoms with E-state index < -0.39 is 5.79 Å². The molecule has 0 amide bonds. The second kappa shape index (κ2) is 3.05. The zero-order chi connectivity index (χ0) is 11.5. The lowest BCUT2D eigenvalue weighted by Gasteiger charge is -2.47. The van der Waals surface area contributed by atoms with Crippen LogP contribution < -0.4 is 0 Å². The van der Waals surface area contributed by atoms with Crippen LogP contribution in [0.3, 0.4) is 0 Å². The summed E-state index contributed by atoms with van der Waals surface area (Å²) in [6.45, 7) is 6.52. The molecule has 1 saturated heterocycles. The van der Waals surface area contributed by atoms with Crippen molar-refractivity contribution in [3.8, 4) is 0 Å². The van der Waals surface area contributed by atoms with Crippen LogP contribution in [0.1, 0.15) is 6.92 Å². The Kier molecular flexibility index (Phi) is 1.95. The van der Waals surface area contributed by atoms with Crippen LogP contribution in [0.5, 0.6) is 0 Å². The summed E-state index contributed by atoms with van der Waals surface area (Å²) in [5, 5.41) is 0. The maximum Gasteiger partial charge on any atom is 0.236 e. The maximum absolute atomic E-state index is 12.4. The molecule has 4 bridgehead atoms. The fourth-order valence-corrected chi connectivity index (χ4v) is 3.74. The molecule has 0 aromatic rings. The molecule has 5 atom stereocenters. The molecule has 3 nitrogen and oxygen atoms in total. The summed E-state index contributed by atoms with van der Waals surface area (Å²) >= 11 is 0. The van der Waals surface area contributed by atoms with Crippen LogP contribution in [0, 0.1) is 23.7 Å². The number of allylic oxidation sites excluding steroid dienone is 2. The summed E-state index contributed by atoms with van der Waals surface area (Å²) in [7, 11) is 1.57. The van der Waals surface area contributed by atoms with Gasteiger partial charge in [0.2, 0.25) is 5.79 Å². The second-order valence-electron chi connectivity index (χ2n) is 4.94. The van der Waals surface area contributed by atoms with Gasteiger partial charge in [0, 0.05) is 24.9 Å². The lowest BCUT2D eigenvalue weighted by molar-refractivity contribution is -0.217. The maximum atomic E-state index is 12.4. The first-order chi connectivity index (χ1) is 7.65. The molecule has 1 saturated carbocycles. The Morgan fingerprint density at radius 3 is 3.06 bits per heavy atom. The highest BCUT2D eigenvalue weighted by Gasteiger charge is 2.66. The number of carbonyl (C=O) groups excluding carboxylic acids is 1. The van der Waals surface area contributed by atoms with Gasteiger partial charge in [0.05, 0.1) is 6.61 Å². The van der Waals surface area contributed by atoms with Gasteiger partial charge in [-0.15, -0.1) is 6.58 Å². The van der Waals surface area contributed by atoms with Crippen molar-refractivity contribution in [2.45, 2.75) is 12.7 Å². The van der Waals surface area contributed by atoms with Gasteiger partial charge in [0.25, 0.3) is 0 Å². The molecule has 16 heavy (non-hydrogen) atoms. The van der Waals surface area contributed by atoms with Crippen molar-refractivity contribution < 1.29 is 14.3 Å². The Morgan fingerprint density at radius 1 is 1.69 bits per heavy atom. The minimum Gasteiger partial charge on any atom is -0.346 e. The van der Waals surface area contributed by atoms with Crippen LogP contribution >= 0.6 is 0 Å². The van der Waals surface area contributed by atoms with E-state index >= 15 is 0 Å². The fraction of sp³-hybridized carbons (Fsp3) is 0.615. The standard InChI is InChI=1S/C13H16O3/c1-4-8-9-5-7(2)11-10(8)6-16-13(11,15-3)12(9)14/h4-5,8-11H,1,6H2,2-3H3. The van der Waals surface area contributed by atoms with Crippen molar-refractivity contribution >= 4 is 5.78 Å². The highest BCUT2D eigenvalue weighted by molar-refractivity contribution is 5.94. The topological polar surface area (TPSA) is 35.5 Å². The molecule has 1 heterocycles. The summed E-state index contributed by atoms with van der Waals surface area (Å²) in [6, 6.07) is 0. The van der Waals surface area contributed by atoms with Crippen LogP contribution in [-0.2, 0) is 14.3 Å². The van der Waals surface area contributed by atoms with Crippen LogP contribution in [-0.4, -0.2) is 25.3 Å². The molecule has 1 aliphatic heterocycles. The van der Waals surface area contributed by atoms with Crippen molar-refractivity contribution in [3.05, 3.63) is 24.3 Å². The minimum atomic E-state index is -0.992. The van der Waals surface area contributed by atoms with Gasteiger partial charge in [-0.3, -0.25) is 4.79 Å². The molecule has 0 aromatic carbocycles. The van der Waals surface area contributed by atoms with Gasteiger partial charge in [-0.2, -0.15) is 0 Å². The first-order valence-electron chi connectivity index (χ1n) is 5.70. The lowest BCUT2D eigenvalue weighted by atomic mass is 9.58. The lowest BCUT2D eigenvalue weighted by Crippen LogP contribution is -2.58. The van der Waals surface area contributed by atoms with E-state index in [1.165, 1.54) is 5.57 Å². The molecule has 0 N–H and O–H groups in total. The molecule has 4 rings (SSSR count). The Labute approximate surface area is 95.1 Å². The third kappa shape index (κ3) is 0.897. The van der Waals surface area contributed by atoms with E-state index in [1.807, 2.05) is 6.08 Å². The third-order valence-corrected chi connectivity index (χ3v) is 4.39. The monoisotopic (exact) mass is 220 g/mol. The second-order valence-corrected chi connectivity index (χ2v) is 4.94. The first kappa shape index (κ1) is 10.2. The van der Waals surface area contributed by atoms with Gasteiger partial charge in [-0.25, -0.2) is 0 Å². The molecule has 3 heteroatoms. The third-order valence-electron chi connectivity index (χ3n) is 4.39. The van der Waals surface area contributed by atoms with Crippen molar-refractivity contribution in [1.82, 2.24) is 0 Å². The number of hydrogen-bond donors (Lipinski definition) is 0. The van der Waals surface area contributed by atoms with Crippen LogP contribution in [0.4, 0.5) is 0 Å². The van der Waals surface area contributed by atoms with Gasteiger partial charge in [0.15, 0.2) is 5.78 Å². The summed E-state index contributed by atoms with van der Waals surface area (Å²) in [5.41, 5.74) is 1.23. The Bertz CT molecular complexity index is 398. The molecule has 3 aliphatic carbocycles. The van der Waals surface area contributed by atoms with Gasteiger partial charge < -0.3 is 9.47 Å². The molecule has 86 valence electrons. The molecule has 0 aromatic heterocycles. The van der Waals surface area contributed by atoms with Crippen LogP contribution in [0.15, 0.2) is 24.3 Å². The Morgan fingerprint density at radius 2 is 2.44 bits per heavy atom. The van der Waals surface area contributed by atoms with Gasteiger partial charge in [-0.05, 0) is 12.8 Å². The number of ether oxygens (including phenoxy) is 2. The van der Waals surface area contributed by atoms with Crippen molar-refractivity contribution in [2.24, 2.45) is 23.7 Å². The predicted molar refractivity (Wildman–Crippen MR) is 58.6 cm³/mol. The van der Waals surface area contributed by atoms with E-state index in [0.29, 0.717) is 12.5 Å². The summed E-state index contributed by atoms with van der Waals surface area (Å²) in [5.74, 6) is -0.373. The summed E-state index contributed by atoms with van der Waals surface area (Å²) in [6.07, 6.45) is 3.97. The quantitative estimate of drug-likeness (QED) is 0.662. The number of rotatable bonds is 2. The van der Waals surface area contributed by atoms with Crippen molar-refractivity contribution in [1.29, 1.82) is 0 Å². The molecular weight excluding hydrogens is 204 g/mol. The predicted octanol–water partition coefficient (Wildman–Crippen LogP) is 1.55. The molecule has 2 fully saturated rings. The molecule has 4 aliphatic rings. The number of methoxy groups -OCH3 is 1.